The van der Waals surface area contributed by atoms with Crippen LogP contribution in [0.5, 0.6) is 0 Å². The fraction of sp³-hybridized carbons (Fsp3) is 0.462. The quantitative estimate of drug-likeness (QED) is 0.439. The normalized spacial score (nSPS) is 18.2. The number of hydrogen-bond donors (Lipinski definition) is 3. The number of carbonyl (C=O) groups excluding carboxylic acids is 1. The second-order valence-electron chi connectivity index (χ2n) is 8.91. The Morgan fingerprint density at radius 3 is 2.66 bits per heavy atom. The molecule has 0 aliphatic carbocycles. The third kappa shape index (κ3) is 7.09. The number of nitrogens with zero attached hydrogens (tertiary/aromatic N) is 2. The molecule has 1 heterocycles. The Kier molecular flexibility index (Phi) is 8.68. The molecule has 4 N–H and O–H groups in total. The van der Waals surface area contributed by atoms with Gasteiger partial charge in [0, 0.05) is 33.2 Å². The SMILES string of the molecule is CN=C(NCc1cccc(CN2CCCC(C(N)=O)C2)c1)NCC(C)c1ccc(C)cc1. The molecular formula is C26H37N5O. The summed E-state index contributed by atoms with van der Waals surface area (Å²) in [6.45, 7) is 8.47. The molecule has 0 radical (unpaired) electrons. The maximum absolute atomic E-state index is 11.5. The van der Waals surface area contributed by atoms with Gasteiger partial charge < -0.3 is 16.4 Å². The van der Waals surface area contributed by atoms with Crippen molar-refractivity contribution in [2.75, 3.05) is 26.7 Å². The van der Waals surface area contributed by atoms with E-state index in [0.717, 1.165) is 45.0 Å². The van der Waals surface area contributed by atoms with Gasteiger partial charge in [0.2, 0.25) is 5.91 Å². The number of carbonyl (C=O) groups is 1. The van der Waals surface area contributed by atoms with Gasteiger partial charge in [0.1, 0.15) is 0 Å². The van der Waals surface area contributed by atoms with E-state index in [-0.39, 0.29) is 11.8 Å². The lowest BCUT2D eigenvalue weighted by Crippen LogP contribution is -2.40. The van der Waals surface area contributed by atoms with Gasteiger partial charge in [-0.3, -0.25) is 14.7 Å². The van der Waals surface area contributed by atoms with Gasteiger partial charge in [-0.1, -0.05) is 61.0 Å². The Morgan fingerprint density at radius 2 is 1.94 bits per heavy atom. The number of likely N-dealkylation sites (tertiary alicyclic amines) is 1. The van der Waals surface area contributed by atoms with Gasteiger partial charge in [0.05, 0.1) is 5.92 Å². The summed E-state index contributed by atoms with van der Waals surface area (Å²) >= 11 is 0. The molecule has 1 aliphatic rings. The van der Waals surface area contributed by atoms with E-state index >= 15 is 0 Å². The molecule has 32 heavy (non-hydrogen) atoms. The summed E-state index contributed by atoms with van der Waals surface area (Å²) in [6, 6.07) is 17.3. The molecule has 1 fully saturated rings. The zero-order valence-electron chi connectivity index (χ0n) is 19.6. The lowest BCUT2D eigenvalue weighted by Gasteiger charge is -2.31. The molecule has 1 aliphatic heterocycles. The van der Waals surface area contributed by atoms with E-state index in [4.69, 9.17) is 5.73 Å². The van der Waals surface area contributed by atoms with Crippen molar-refractivity contribution < 1.29 is 4.79 Å². The Bertz CT molecular complexity index is 909. The van der Waals surface area contributed by atoms with Crippen molar-refractivity contribution in [2.24, 2.45) is 16.6 Å². The smallest absolute Gasteiger partial charge is 0.221 e. The van der Waals surface area contributed by atoms with E-state index in [9.17, 15) is 4.79 Å². The number of hydrogen-bond acceptors (Lipinski definition) is 3. The molecule has 2 aromatic rings. The van der Waals surface area contributed by atoms with Crippen molar-refractivity contribution in [3.05, 3.63) is 70.8 Å². The molecular weight excluding hydrogens is 398 g/mol. The molecule has 2 atom stereocenters. The first-order valence-electron chi connectivity index (χ1n) is 11.5. The molecule has 2 aromatic carbocycles. The van der Waals surface area contributed by atoms with Crippen molar-refractivity contribution in [3.63, 3.8) is 0 Å². The summed E-state index contributed by atoms with van der Waals surface area (Å²) in [5.41, 5.74) is 10.6. The van der Waals surface area contributed by atoms with Crippen molar-refractivity contribution in [2.45, 2.75) is 45.7 Å². The number of nitrogens with one attached hydrogen (secondary N) is 2. The van der Waals surface area contributed by atoms with Crippen LogP contribution >= 0.6 is 0 Å². The zero-order chi connectivity index (χ0) is 22.9. The van der Waals surface area contributed by atoms with Crippen LogP contribution in [0.25, 0.3) is 0 Å². The van der Waals surface area contributed by atoms with E-state index in [2.05, 4.69) is 82.9 Å². The summed E-state index contributed by atoms with van der Waals surface area (Å²) in [5.74, 6) is 0.995. The largest absolute Gasteiger partial charge is 0.369 e. The maximum Gasteiger partial charge on any atom is 0.221 e. The van der Waals surface area contributed by atoms with Gasteiger partial charge in [-0.25, -0.2) is 0 Å². The second kappa shape index (κ2) is 11.7. The number of guanidine groups is 1. The van der Waals surface area contributed by atoms with E-state index in [1.54, 1.807) is 7.05 Å². The summed E-state index contributed by atoms with van der Waals surface area (Å²) in [4.78, 5) is 18.2. The number of amides is 1. The Hall–Kier alpha value is -2.86. The van der Waals surface area contributed by atoms with E-state index in [1.165, 1.54) is 22.3 Å². The molecule has 3 rings (SSSR count). The van der Waals surface area contributed by atoms with Gasteiger partial charge in [-0.2, -0.15) is 0 Å². The van der Waals surface area contributed by atoms with Gasteiger partial charge in [0.15, 0.2) is 5.96 Å². The predicted octanol–water partition coefficient (Wildman–Crippen LogP) is 3.16. The van der Waals surface area contributed by atoms with Crippen LogP contribution in [0.4, 0.5) is 0 Å². The number of piperidine rings is 1. The molecule has 1 saturated heterocycles. The Labute approximate surface area is 192 Å². The van der Waals surface area contributed by atoms with Crippen LogP contribution in [0.2, 0.25) is 0 Å². The molecule has 2 unspecified atom stereocenters. The average Bonchev–Trinajstić information content (AvgIpc) is 2.80. The lowest BCUT2D eigenvalue weighted by atomic mass is 9.97. The first-order chi connectivity index (χ1) is 15.4. The van der Waals surface area contributed by atoms with Crippen LogP contribution in [0.15, 0.2) is 53.5 Å². The molecule has 0 bridgehead atoms. The highest BCUT2D eigenvalue weighted by molar-refractivity contribution is 5.79. The summed E-state index contributed by atoms with van der Waals surface area (Å²) in [6.07, 6.45) is 1.93. The monoisotopic (exact) mass is 435 g/mol. The average molecular weight is 436 g/mol. The first-order valence-corrected chi connectivity index (χ1v) is 11.5. The number of rotatable bonds is 8. The van der Waals surface area contributed by atoms with E-state index in [0.29, 0.717) is 12.5 Å². The van der Waals surface area contributed by atoms with Crippen LogP contribution < -0.4 is 16.4 Å². The van der Waals surface area contributed by atoms with Gasteiger partial charge in [-0.05, 0) is 48.9 Å². The van der Waals surface area contributed by atoms with Crippen LogP contribution in [-0.4, -0.2) is 43.4 Å². The summed E-state index contributed by atoms with van der Waals surface area (Å²) < 4.78 is 0. The van der Waals surface area contributed by atoms with Crippen molar-refractivity contribution >= 4 is 11.9 Å². The minimum absolute atomic E-state index is 0.0229. The minimum Gasteiger partial charge on any atom is -0.369 e. The fourth-order valence-corrected chi connectivity index (χ4v) is 4.20. The molecule has 0 aromatic heterocycles. The van der Waals surface area contributed by atoms with Crippen LogP contribution in [0.3, 0.4) is 0 Å². The summed E-state index contributed by atoms with van der Waals surface area (Å²) in [5, 5.41) is 6.85. The molecule has 6 nitrogen and oxygen atoms in total. The molecule has 1 amide bonds. The first kappa shape index (κ1) is 23.8. The molecule has 0 spiro atoms. The topological polar surface area (TPSA) is 82.8 Å². The van der Waals surface area contributed by atoms with Crippen LogP contribution in [0, 0.1) is 12.8 Å². The highest BCUT2D eigenvalue weighted by Gasteiger charge is 2.23. The molecule has 172 valence electrons. The minimum atomic E-state index is -0.178. The Morgan fingerprint density at radius 1 is 1.19 bits per heavy atom. The number of nitrogens with two attached hydrogens (primary N) is 1. The molecule has 0 saturated carbocycles. The van der Waals surface area contributed by atoms with Crippen LogP contribution in [0.1, 0.15) is 47.9 Å². The number of primary amides is 1. The second-order valence-corrected chi connectivity index (χ2v) is 8.91. The Balaban J connectivity index is 1.49. The van der Waals surface area contributed by atoms with Gasteiger partial charge in [0.25, 0.3) is 0 Å². The molecule has 6 heteroatoms. The number of aryl methyl sites for hydroxylation is 1. The fourth-order valence-electron chi connectivity index (χ4n) is 4.20. The number of benzene rings is 2. The highest BCUT2D eigenvalue weighted by atomic mass is 16.1. The standard InChI is InChI=1S/C26H37N5O/c1-19-9-11-23(12-10-19)20(2)15-29-26(28-3)30-16-21-6-4-7-22(14-21)17-31-13-5-8-24(18-31)25(27)32/h4,6-7,9-12,14,20,24H,5,8,13,15-18H2,1-3H3,(H2,27,32)(H2,28,29,30). The third-order valence-electron chi connectivity index (χ3n) is 6.21. The van der Waals surface area contributed by atoms with E-state index in [1.807, 2.05) is 0 Å². The highest BCUT2D eigenvalue weighted by Crippen LogP contribution is 2.19. The third-order valence-corrected chi connectivity index (χ3v) is 6.21. The van der Waals surface area contributed by atoms with Gasteiger partial charge in [-0.15, -0.1) is 0 Å². The van der Waals surface area contributed by atoms with Crippen molar-refractivity contribution in [1.82, 2.24) is 15.5 Å². The van der Waals surface area contributed by atoms with Crippen molar-refractivity contribution in [1.29, 1.82) is 0 Å². The van der Waals surface area contributed by atoms with Crippen LogP contribution in [-0.2, 0) is 17.9 Å². The number of aliphatic imine (C=N–C) groups is 1. The summed E-state index contributed by atoms with van der Waals surface area (Å²) in [7, 11) is 1.80. The van der Waals surface area contributed by atoms with E-state index < -0.39 is 0 Å². The maximum atomic E-state index is 11.5. The predicted molar refractivity (Wildman–Crippen MR) is 131 cm³/mol. The zero-order valence-corrected chi connectivity index (χ0v) is 19.6. The van der Waals surface area contributed by atoms with Crippen molar-refractivity contribution in [3.8, 4) is 0 Å². The van der Waals surface area contributed by atoms with Gasteiger partial charge >= 0.3 is 0 Å². The lowest BCUT2D eigenvalue weighted by molar-refractivity contribution is -0.123.